The molecule has 0 spiro atoms. The van der Waals surface area contributed by atoms with Gasteiger partial charge in [-0.3, -0.25) is 0 Å². The van der Waals surface area contributed by atoms with E-state index in [-0.39, 0.29) is 0 Å². The molecule has 0 radical (unpaired) electrons. The summed E-state index contributed by atoms with van der Waals surface area (Å²) in [6.07, 6.45) is 5.41. The van der Waals surface area contributed by atoms with Gasteiger partial charge in [-0.25, -0.2) is 0 Å². The molecule has 0 aromatic heterocycles. The monoisotopic (exact) mass is 394 g/mol. The Morgan fingerprint density at radius 3 is 1.42 bits per heavy atom. The van der Waals surface area contributed by atoms with Crippen LogP contribution in [0.15, 0.2) is 0 Å². The molecule has 0 amide bonds. The first kappa shape index (κ1) is 20.0. The second-order valence-corrected chi connectivity index (χ2v) is 27.9. The zero-order chi connectivity index (χ0) is 15.1. The van der Waals surface area contributed by atoms with Crippen molar-refractivity contribution in [1.82, 2.24) is 0 Å². The number of hydrogen-bond donors (Lipinski definition) is 0. The Kier molecular flexibility index (Phi) is 9.65. The van der Waals surface area contributed by atoms with E-state index in [2.05, 4.69) is 53.1 Å². The Labute approximate surface area is 128 Å². The van der Waals surface area contributed by atoms with Crippen LogP contribution in [0.3, 0.4) is 0 Å². The zero-order valence-electron chi connectivity index (χ0n) is 14.8. The molecule has 0 aliphatic carbocycles. The van der Waals surface area contributed by atoms with Gasteiger partial charge < -0.3 is 0 Å². The predicted molar refractivity (Wildman–Crippen MR) is 93.9 cm³/mol. The summed E-state index contributed by atoms with van der Waals surface area (Å²) >= 11 is -4.15. The molecule has 0 aromatic carbocycles. The fourth-order valence-corrected chi connectivity index (χ4v) is 33.3. The summed E-state index contributed by atoms with van der Waals surface area (Å²) < 4.78 is 8.70. The van der Waals surface area contributed by atoms with Crippen molar-refractivity contribution in [2.75, 3.05) is 0 Å². The second kappa shape index (κ2) is 9.14. The normalized spacial score (nSPS) is 13.6. The maximum absolute atomic E-state index is 7.13. The number of rotatable bonds is 10. The zero-order valence-corrected chi connectivity index (χ0v) is 19.0. The fraction of sp³-hybridized carbons (Fsp3) is 1.00. The van der Waals surface area contributed by atoms with Crippen molar-refractivity contribution < 1.29 is 2.79 Å². The van der Waals surface area contributed by atoms with Gasteiger partial charge in [0.05, 0.1) is 0 Å². The van der Waals surface area contributed by atoms with Crippen LogP contribution in [0.25, 0.3) is 0 Å². The third kappa shape index (κ3) is 6.56. The van der Waals surface area contributed by atoms with Crippen LogP contribution >= 0.6 is 0 Å². The van der Waals surface area contributed by atoms with Crippen molar-refractivity contribution in [1.29, 1.82) is 0 Å². The maximum atomic E-state index is 7.13. The Bertz CT molecular complexity index is 223. The summed E-state index contributed by atoms with van der Waals surface area (Å²) in [6.45, 7) is 14.2. The molecule has 0 fully saturated rings. The van der Waals surface area contributed by atoms with Crippen molar-refractivity contribution in [3.05, 3.63) is 0 Å². The van der Waals surface area contributed by atoms with E-state index in [0.717, 1.165) is 9.50 Å². The molecule has 116 valence electrons. The minimum absolute atomic E-state index is 0.785. The van der Waals surface area contributed by atoms with Gasteiger partial charge in [-0.2, -0.15) is 0 Å². The molecule has 1 nitrogen and oxygen atoms in total. The number of unbranched alkanes of at least 4 members (excludes halogenated alkanes) is 2. The molecular weight excluding hydrogens is 353 g/mol. The third-order valence-corrected chi connectivity index (χ3v) is 32.5. The average Bonchev–Trinajstić information content (AvgIpc) is 2.33. The molecule has 0 unspecified atom stereocenters. The molecule has 0 aliphatic rings. The van der Waals surface area contributed by atoms with Crippen molar-refractivity contribution >= 4 is 27.2 Å². The second-order valence-electron chi connectivity index (χ2n) is 7.25. The molecular formula is C16H38Ge2O. The van der Waals surface area contributed by atoms with Crippen LogP contribution in [0.5, 0.6) is 0 Å². The summed E-state index contributed by atoms with van der Waals surface area (Å²) in [6, 6.07) is 0. The SMILES string of the molecule is CCC[CH2][Ge]([CH3])([CH2]CCC)[O][Ge]([CH3])([CH](C)C)[CH](C)C. The van der Waals surface area contributed by atoms with Gasteiger partial charge in [0.1, 0.15) is 0 Å². The van der Waals surface area contributed by atoms with Crippen molar-refractivity contribution in [2.45, 2.75) is 98.7 Å². The minimum atomic E-state index is -2.12. The van der Waals surface area contributed by atoms with Gasteiger partial charge in [0.15, 0.2) is 0 Å². The van der Waals surface area contributed by atoms with Gasteiger partial charge in [-0.1, -0.05) is 0 Å². The van der Waals surface area contributed by atoms with E-state index in [1.54, 1.807) is 0 Å². The van der Waals surface area contributed by atoms with Crippen LogP contribution in [0.1, 0.15) is 67.2 Å². The first-order chi connectivity index (χ1) is 8.72. The van der Waals surface area contributed by atoms with Crippen LogP contribution in [-0.2, 0) is 2.79 Å². The topological polar surface area (TPSA) is 9.23 Å². The summed E-state index contributed by atoms with van der Waals surface area (Å²) in [4.78, 5) is 0. The summed E-state index contributed by atoms with van der Waals surface area (Å²) in [5.74, 6) is 5.11. The Morgan fingerprint density at radius 1 is 0.789 bits per heavy atom. The summed E-state index contributed by atoms with van der Waals surface area (Å²) in [5.41, 5.74) is 0. The van der Waals surface area contributed by atoms with Gasteiger partial charge in [-0.15, -0.1) is 0 Å². The first-order valence-corrected chi connectivity index (χ1v) is 19.7. The molecule has 0 saturated carbocycles. The molecule has 0 aromatic rings. The quantitative estimate of drug-likeness (QED) is 0.382. The van der Waals surface area contributed by atoms with Crippen LogP contribution in [0, 0.1) is 0 Å². The Hall–Kier alpha value is 1.05. The molecule has 0 bridgehead atoms. The van der Waals surface area contributed by atoms with E-state index in [1.807, 2.05) is 0 Å². The van der Waals surface area contributed by atoms with Crippen molar-refractivity contribution in [3.8, 4) is 0 Å². The van der Waals surface area contributed by atoms with Crippen LogP contribution < -0.4 is 0 Å². The van der Waals surface area contributed by atoms with Crippen molar-refractivity contribution in [3.63, 3.8) is 0 Å². The Balaban J connectivity index is 4.94. The molecule has 3 heteroatoms. The van der Waals surface area contributed by atoms with Crippen LogP contribution in [0.4, 0.5) is 0 Å². The van der Waals surface area contributed by atoms with E-state index in [9.17, 15) is 0 Å². The molecule has 0 aliphatic heterocycles. The van der Waals surface area contributed by atoms with E-state index < -0.39 is 27.2 Å². The molecule has 0 heterocycles. The van der Waals surface area contributed by atoms with Crippen LogP contribution in [-0.4, -0.2) is 27.2 Å². The third-order valence-electron chi connectivity index (χ3n) is 4.88. The van der Waals surface area contributed by atoms with Crippen LogP contribution in [0.2, 0.25) is 31.5 Å². The van der Waals surface area contributed by atoms with Gasteiger partial charge in [-0.05, 0) is 0 Å². The molecule has 0 N–H and O–H groups in total. The van der Waals surface area contributed by atoms with Crippen molar-refractivity contribution in [2.24, 2.45) is 0 Å². The Morgan fingerprint density at radius 2 is 1.16 bits per heavy atom. The number of hydrogen-bond acceptors (Lipinski definition) is 1. The van der Waals surface area contributed by atoms with E-state index >= 15 is 0 Å². The standard InChI is InChI=1S/C16H38Ge2O/c1-9-11-13-17(7,14-12-10-2)19-18(8,15(3)4)16(5)6/h15-16H,9-14H2,1-8H3. The van der Waals surface area contributed by atoms with E-state index in [1.165, 1.54) is 36.2 Å². The molecule has 0 atom stereocenters. The van der Waals surface area contributed by atoms with E-state index in [0.29, 0.717) is 0 Å². The molecule has 0 saturated heterocycles. The van der Waals surface area contributed by atoms with E-state index in [4.69, 9.17) is 2.79 Å². The summed E-state index contributed by atoms with van der Waals surface area (Å²) in [5, 5.41) is 2.85. The van der Waals surface area contributed by atoms with Gasteiger partial charge >= 0.3 is 129 Å². The summed E-state index contributed by atoms with van der Waals surface area (Å²) in [7, 11) is 0. The fourth-order valence-electron chi connectivity index (χ4n) is 2.76. The first-order valence-electron chi connectivity index (χ1n) is 8.42. The van der Waals surface area contributed by atoms with Gasteiger partial charge in [0.25, 0.3) is 0 Å². The predicted octanol–water partition coefficient (Wildman–Crippen LogP) is 6.57. The molecule has 0 rings (SSSR count). The average molecular weight is 392 g/mol. The van der Waals surface area contributed by atoms with Gasteiger partial charge in [0, 0.05) is 0 Å². The van der Waals surface area contributed by atoms with Gasteiger partial charge in [0.2, 0.25) is 0 Å². The molecule has 19 heavy (non-hydrogen) atoms.